The maximum atomic E-state index is 12.2. The molecule has 0 radical (unpaired) electrons. The van der Waals surface area contributed by atoms with Crippen LogP contribution in [0.15, 0.2) is 24.3 Å². The molecule has 0 aromatic heterocycles. The fraction of sp³-hybridized carbons (Fsp3) is 0.632. The third-order valence-corrected chi connectivity index (χ3v) is 4.60. The lowest BCUT2D eigenvalue weighted by Gasteiger charge is -2.40. The maximum Gasteiger partial charge on any atom is 0.315 e. The van der Waals surface area contributed by atoms with E-state index in [1.54, 1.807) is 7.11 Å². The van der Waals surface area contributed by atoms with Gasteiger partial charge in [-0.2, -0.15) is 0 Å². The Morgan fingerprint density at radius 2 is 2.08 bits per heavy atom. The molecule has 0 saturated carbocycles. The number of methoxy groups -OCH3 is 1. The monoisotopic (exact) mass is 349 g/mol. The highest BCUT2D eigenvalue weighted by molar-refractivity contribution is 5.74. The molecule has 6 heteroatoms. The van der Waals surface area contributed by atoms with Crippen molar-refractivity contribution in [2.75, 3.05) is 40.0 Å². The lowest BCUT2D eigenvalue weighted by Crippen LogP contribution is -2.56. The molecule has 25 heavy (non-hydrogen) atoms. The highest BCUT2D eigenvalue weighted by Gasteiger charge is 2.28. The predicted octanol–water partition coefficient (Wildman–Crippen LogP) is 2.04. The van der Waals surface area contributed by atoms with Gasteiger partial charge >= 0.3 is 6.03 Å². The standard InChI is InChI=1S/C19H31N3O3/c1-15(12-16-6-5-7-17(13-16)24-4)21-18(23)20-14-19(2,3)22-8-10-25-11-9-22/h5-7,13,15H,8-12,14H2,1-4H3,(H2,20,21,23). The summed E-state index contributed by atoms with van der Waals surface area (Å²) in [4.78, 5) is 14.6. The second-order valence-corrected chi connectivity index (χ2v) is 7.20. The molecule has 140 valence electrons. The molecule has 2 amide bonds. The minimum absolute atomic E-state index is 0.0404. The van der Waals surface area contributed by atoms with E-state index in [9.17, 15) is 4.79 Å². The molecule has 2 rings (SSSR count). The maximum absolute atomic E-state index is 12.2. The van der Waals surface area contributed by atoms with Gasteiger partial charge in [-0.1, -0.05) is 12.1 Å². The molecule has 1 heterocycles. The van der Waals surface area contributed by atoms with Crippen LogP contribution in [0.4, 0.5) is 4.79 Å². The Labute approximate surface area is 150 Å². The topological polar surface area (TPSA) is 62.8 Å². The number of hydrogen-bond acceptors (Lipinski definition) is 4. The number of hydrogen-bond donors (Lipinski definition) is 2. The average molecular weight is 349 g/mol. The molecule has 0 spiro atoms. The number of nitrogens with one attached hydrogen (secondary N) is 2. The van der Waals surface area contributed by atoms with Crippen LogP contribution in [0.5, 0.6) is 5.75 Å². The quantitative estimate of drug-likeness (QED) is 0.791. The summed E-state index contributed by atoms with van der Waals surface area (Å²) in [7, 11) is 1.66. The minimum atomic E-state index is -0.128. The van der Waals surface area contributed by atoms with Gasteiger partial charge in [-0.25, -0.2) is 4.79 Å². The van der Waals surface area contributed by atoms with Crippen molar-refractivity contribution in [1.82, 2.24) is 15.5 Å². The smallest absolute Gasteiger partial charge is 0.315 e. The molecule has 1 aliphatic heterocycles. The zero-order chi connectivity index (χ0) is 18.3. The van der Waals surface area contributed by atoms with E-state index in [1.165, 1.54) is 0 Å². The first-order valence-electron chi connectivity index (χ1n) is 8.91. The third kappa shape index (κ3) is 6.21. The first-order chi connectivity index (χ1) is 11.9. The molecule has 0 bridgehead atoms. The summed E-state index contributed by atoms with van der Waals surface area (Å²) in [6, 6.07) is 7.83. The first kappa shape index (κ1) is 19.5. The Bertz CT molecular complexity index is 557. The van der Waals surface area contributed by atoms with Crippen molar-refractivity contribution in [1.29, 1.82) is 0 Å². The summed E-state index contributed by atoms with van der Waals surface area (Å²) in [6.45, 7) is 10.2. The van der Waals surface area contributed by atoms with E-state index in [1.807, 2.05) is 31.2 Å². The first-order valence-corrected chi connectivity index (χ1v) is 8.91. The van der Waals surface area contributed by atoms with Crippen LogP contribution in [0.25, 0.3) is 0 Å². The van der Waals surface area contributed by atoms with E-state index in [0.29, 0.717) is 6.54 Å². The molecule has 1 aliphatic rings. The zero-order valence-electron chi connectivity index (χ0n) is 15.8. The molecule has 1 aromatic carbocycles. The van der Waals surface area contributed by atoms with Crippen LogP contribution in [-0.2, 0) is 11.2 Å². The van der Waals surface area contributed by atoms with Gasteiger partial charge in [-0.15, -0.1) is 0 Å². The normalized spacial score (nSPS) is 17.0. The van der Waals surface area contributed by atoms with Gasteiger partial charge in [-0.05, 0) is 44.9 Å². The minimum Gasteiger partial charge on any atom is -0.497 e. The molecular weight excluding hydrogens is 318 g/mol. The molecule has 2 N–H and O–H groups in total. The molecule has 1 unspecified atom stereocenters. The molecule has 0 aliphatic carbocycles. The molecular formula is C19H31N3O3. The van der Waals surface area contributed by atoms with Crippen molar-refractivity contribution in [2.24, 2.45) is 0 Å². The van der Waals surface area contributed by atoms with Gasteiger partial charge in [0.25, 0.3) is 0 Å². The van der Waals surface area contributed by atoms with Crippen molar-refractivity contribution in [2.45, 2.75) is 38.8 Å². The van der Waals surface area contributed by atoms with Gasteiger partial charge in [-0.3, -0.25) is 4.90 Å². The van der Waals surface area contributed by atoms with Gasteiger partial charge in [0.15, 0.2) is 0 Å². The number of carbonyl (C=O) groups excluding carboxylic acids is 1. The fourth-order valence-corrected chi connectivity index (χ4v) is 3.06. The predicted molar refractivity (Wildman–Crippen MR) is 99.2 cm³/mol. The van der Waals surface area contributed by atoms with Crippen molar-refractivity contribution in [3.63, 3.8) is 0 Å². The molecule has 6 nitrogen and oxygen atoms in total. The molecule has 1 saturated heterocycles. The molecule has 1 atom stereocenters. The number of rotatable bonds is 7. The van der Waals surface area contributed by atoms with E-state index in [-0.39, 0.29) is 17.6 Å². The summed E-state index contributed by atoms with van der Waals surface area (Å²) in [5.74, 6) is 0.835. The van der Waals surface area contributed by atoms with Crippen LogP contribution in [0.3, 0.4) is 0 Å². The second kappa shape index (κ2) is 9.06. The number of morpholine rings is 1. The SMILES string of the molecule is COc1cccc(CC(C)NC(=O)NCC(C)(C)N2CCOCC2)c1. The Morgan fingerprint density at radius 1 is 1.36 bits per heavy atom. The van der Waals surface area contributed by atoms with Crippen LogP contribution in [-0.4, -0.2) is 62.5 Å². The van der Waals surface area contributed by atoms with Crippen molar-refractivity contribution in [3.05, 3.63) is 29.8 Å². The van der Waals surface area contributed by atoms with Crippen LogP contribution in [0.1, 0.15) is 26.3 Å². The van der Waals surface area contributed by atoms with E-state index in [0.717, 1.165) is 44.0 Å². The number of amides is 2. The van der Waals surface area contributed by atoms with Crippen molar-refractivity contribution >= 4 is 6.03 Å². The summed E-state index contributed by atoms with van der Waals surface area (Å²) >= 11 is 0. The number of nitrogens with zero attached hydrogens (tertiary/aromatic N) is 1. The van der Waals surface area contributed by atoms with Gasteiger partial charge < -0.3 is 20.1 Å². The Kier molecular flexibility index (Phi) is 7.08. The van der Waals surface area contributed by atoms with Crippen molar-refractivity contribution in [3.8, 4) is 5.75 Å². The number of ether oxygens (including phenoxy) is 2. The van der Waals surface area contributed by atoms with Crippen LogP contribution >= 0.6 is 0 Å². The lowest BCUT2D eigenvalue weighted by molar-refractivity contribution is -0.00876. The fourth-order valence-electron chi connectivity index (χ4n) is 3.06. The average Bonchev–Trinajstić information content (AvgIpc) is 2.61. The summed E-state index contributed by atoms with van der Waals surface area (Å²) in [5, 5.41) is 6.01. The van der Waals surface area contributed by atoms with Gasteiger partial charge in [0.1, 0.15) is 5.75 Å². The Morgan fingerprint density at radius 3 is 2.76 bits per heavy atom. The Balaban J connectivity index is 1.76. The van der Waals surface area contributed by atoms with E-state index in [4.69, 9.17) is 9.47 Å². The zero-order valence-corrected chi connectivity index (χ0v) is 15.8. The number of urea groups is 1. The molecule has 1 aromatic rings. The van der Waals surface area contributed by atoms with Crippen LogP contribution in [0, 0.1) is 0 Å². The van der Waals surface area contributed by atoms with E-state index < -0.39 is 0 Å². The number of carbonyl (C=O) groups is 1. The van der Waals surface area contributed by atoms with E-state index >= 15 is 0 Å². The summed E-state index contributed by atoms with van der Waals surface area (Å²) in [6.07, 6.45) is 0.761. The van der Waals surface area contributed by atoms with Gasteiger partial charge in [0.05, 0.1) is 20.3 Å². The highest BCUT2D eigenvalue weighted by Crippen LogP contribution is 2.15. The molecule has 1 fully saturated rings. The van der Waals surface area contributed by atoms with Gasteiger partial charge in [0.2, 0.25) is 0 Å². The largest absolute Gasteiger partial charge is 0.497 e. The van der Waals surface area contributed by atoms with Crippen molar-refractivity contribution < 1.29 is 14.3 Å². The van der Waals surface area contributed by atoms with Gasteiger partial charge in [0, 0.05) is 31.2 Å². The number of benzene rings is 1. The third-order valence-electron chi connectivity index (χ3n) is 4.60. The second-order valence-electron chi connectivity index (χ2n) is 7.20. The summed E-state index contributed by atoms with van der Waals surface area (Å²) < 4.78 is 10.6. The Hall–Kier alpha value is -1.79. The van der Waals surface area contributed by atoms with Crippen LogP contribution in [0.2, 0.25) is 0 Å². The highest BCUT2D eigenvalue weighted by atomic mass is 16.5. The van der Waals surface area contributed by atoms with Crippen LogP contribution < -0.4 is 15.4 Å². The summed E-state index contributed by atoms with van der Waals surface area (Å²) in [5.41, 5.74) is 1.05. The lowest BCUT2D eigenvalue weighted by atomic mass is 10.0. The van der Waals surface area contributed by atoms with E-state index in [2.05, 4.69) is 29.4 Å².